The van der Waals surface area contributed by atoms with Crippen molar-refractivity contribution in [2.75, 3.05) is 5.73 Å². The van der Waals surface area contributed by atoms with Crippen LogP contribution >= 0.6 is 15.9 Å². The van der Waals surface area contributed by atoms with Crippen molar-refractivity contribution in [1.82, 2.24) is 19.7 Å². The van der Waals surface area contributed by atoms with Crippen LogP contribution in [0.25, 0.3) is 5.69 Å². The summed E-state index contributed by atoms with van der Waals surface area (Å²) in [5, 5.41) is 6.34. The standard InChI is InChI=1S/C17H12BrN5O3/c18-10-6-20-22(8-10)7-9-1-3-11(4-2-9)23-13(24)5-12-14(15(23)19)17(26)21-16(12)25/h1-6,8H,7,19H2,(H,21,25,26). The summed E-state index contributed by atoms with van der Waals surface area (Å²) in [6, 6.07) is 8.27. The van der Waals surface area contributed by atoms with Crippen LogP contribution in [0.5, 0.6) is 0 Å². The van der Waals surface area contributed by atoms with Gasteiger partial charge in [-0.3, -0.25) is 28.9 Å². The van der Waals surface area contributed by atoms with Crippen molar-refractivity contribution in [3.63, 3.8) is 0 Å². The fourth-order valence-corrected chi connectivity index (χ4v) is 3.24. The molecule has 0 aliphatic carbocycles. The number of anilines is 1. The number of nitrogens with two attached hydrogens (primary N) is 1. The van der Waals surface area contributed by atoms with Gasteiger partial charge in [0.25, 0.3) is 17.4 Å². The van der Waals surface area contributed by atoms with E-state index in [-0.39, 0.29) is 16.9 Å². The highest BCUT2D eigenvalue weighted by molar-refractivity contribution is 9.10. The van der Waals surface area contributed by atoms with Crippen molar-refractivity contribution in [2.45, 2.75) is 6.54 Å². The monoisotopic (exact) mass is 413 g/mol. The van der Waals surface area contributed by atoms with E-state index in [1.807, 2.05) is 18.3 Å². The molecule has 130 valence electrons. The molecule has 2 amide bonds. The van der Waals surface area contributed by atoms with Crippen molar-refractivity contribution < 1.29 is 9.59 Å². The fourth-order valence-electron chi connectivity index (χ4n) is 2.91. The molecule has 9 heteroatoms. The van der Waals surface area contributed by atoms with E-state index in [4.69, 9.17) is 5.73 Å². The zero-order valence-electron chi connectivity index (χ0n) is 13.3. The molecule has 3 N–H and O–H groups in total. The van der Waals surface area contributed by atoms with E-state index >= 15 is 0 Å². The molecule has 26 heavy (non-hydrogen) atoms. The smallest absolute Gasteiger partial charge is 0.262 e. The minimum absolute atomic E-state index is 0.00892. The van der Waals surface area contributed by atoms with Crippen LogP contribution in [0.2, 0.25) is 0 Å². The number of carbonyl (C=O) groups is 2. The van der Waals surface area contributed by atoms with Gasteiger partial charge in [0.2, 0.25) is 0 Å². The zero-order valence-corrected chi connectivity index (χ0v) is 14.9. The van der Waals surface area contributed by atoms with Crippen molar-refractivity contribution in [3.8, 4) is 5.69 Å². The molecule has 0 fully saturated rings. The number of fused-ring (bicyclic) bond motifs is 1. The van der Waals surface area contributed by atoms with Crippen LogP contribution in [0.1, 0.15) is 26.3 Å². The molecule has 3 aromatic rings. The molecule has 1 aromatic carbocycles. The fraction of sp³-hybridized carbons (Fsp3) is 0.0588. The second-order valence-corrected chi connectivity index (χ2v) is 6.71. The molecular formula is C17H12BrN5O3. The lowest BCUT2D eigenvalue weighted by molar-refractivity contribution is 0.0880. The molecule has 0 saturated heterocycles. The van der Waals surface area contributed by atoms with Gasteiger partial charge in [0.1, 0.15) is 5.82 Å². The molecule has 1 aliphatic heterocycles. The average Bonchev–Trinajstić information content (AvgIpc) is 3.12. The van der Waals surface area contributed by atoms with E-state index in [0.717, 1.165) is 16.1 Å². The molecule has 2 aromatic heterocycles. The molecule has 3 heterocycles. The third-order valence-corrected chi connectivity index (χ3v) is 4.50. The summed E-state index contributed by atoms with van der Waals surface area (Å²) in [4.78, 5) is 36.0. The third kappa shape index (κ3) is 2.62. The lowest BCUT2D eigenvalue weighted by Gasteiger charge is -2.12. The molecule has 0 unspecified atom stereocenters. The van der Waals surface area contributed by atoms with Crippen molar-refractivity contribution in [3.05, 3.63) is 74.2 Å². The number of aromatic nitrogens is 3. The maximum atomic E-state index is 12.4. The Hall–Kier alpha value is -3.20. The number of nitrogens with zero attached hydrogens (tertiary/aromatic N) is 3. The Morgan fingerprint density at radius 3 is 2.50 bits per heavy atom. The van der Waals surface area contributed by atoms with Crippen molar-refractivity contribution >= 4 is 33.6 Å². The highest BCUT2D eigenvalue weighted by Gasteiger charge is 2.31. The summed E-state index contributed by atoms with van der Waals surface area (Å²) >= 11 is 3.35. The average molecular weight is 414 g/mol. The van der Waals surface area contributed by atoms with Gasteiger partial charge in [0, 0.05) is 12.3 Å². The molecule has 0 atom stereocenters. The summed E-state index contributed by atoms with van der Waals surface area (Å²) in [6.07, 6.45) is 3.55. The van der Waals surface area contributed by atoms with Gasteiger partial charge >= 0.3 is 0 Å². The Labute approximate surface area is 155 Å². The van der Waals surface area contributed by atoms with Gasteiger partial charge in [-0.05, 0) is 33.6 Å². The van der Waals surface area contributed by atoms with Crippen LogP contribution in [0, 0.1) is 0 Å². The Morgan fingerprint density at radius 2 is 1.85 bits per heavy atom. The van der Waals surface area contributed by atoms with Crippen LogP contribution in [0.3, 0.4) is 0 Å². The lowest BCUT2D eigenvalue weighted by Crippen LogP contribution is -2.24. The number of pyridine rings is 1. The van der Waals surface area contributed by atoms with E-state index in [9.17, 15) is 14.4 Å². The molecule has 0 saturated carbocycles. The SMILES string of the molecule is Nc1c2c(cc(=O)n1-c1ccc(Cn3cc(Br)cn3)cc1)C(=O)NC2=O. The Morgan fingerprint density at radius 1 is 1.12 bits per heavy atom. The Kier molecular flexibility index (Phi) is 3.73. The van der Waals surface area contributed by atoms with E-state index in [0.29, 0.717) is 12.2 Å². The first kappa shape index (κ1) is 16.3. The predicted octanol–water partition coefficient (Wildman–Crippen LogP) is 1.31. The van der Waals surface area contributed by atoms with Gasteiger partial charge in [-0.1, -0.05) is 12.1 Å². The largest absolute Gasteiger partial charge is 0.384 e. The van der Waals surface area contributed by atoms with Crippen molar-refractivity contribution in [2.24, 2.45) is 0 Å². The van der Waals surface area contributed by atoms with Crippen LogP contribution in [0.15, 0.2) is 52.0 Å². The van der Waals surface area contributed by atoms with E-state index < -0.39 is 17.4 Å². The number of halogens is 1. The van der Waals surface area contributed by atoms with Crippen LogP contribution < -0.4 is 16.6 Å². The van der Waals surface area contributed by atoms with Gasteiger partial charge in [0.15, 0.2) is 0 Å². The number of imide groups is 1. The third-order valence-electron chi connectivity index (χ3n) is 4.09. The van der Waals surface area contributed by atoms with E-state index in [1.54, 1.807) is 23.0 Å². The number of hydrogen-bond acceptors (Lipinski definition) is 5. The molecule has 1 aliphatic rings. The van der Waals surface area contributed by atoms with Crippen molar-refractivity contribution in [1.29, 1.82) is 0 Å². The van der Waals surface area contributed by atoms with Gasteiger partial charge < -0.3 is 5.73 Å². The summed E-state index contributed by atoms with van der Waals surface area (Å²) < 4.78 is 3.87. The molecule has 4 rings (SSSR count). The molecule has 8 nitrogen and oxygen atoms in total. The Balaban J connectivity index is 1.72. The van der Waals surface area contributed by atoms with Gasteiger partial charge in [-0.2, -0.15) is 5.10 Å². The normalized spacial score (nSPS) is 13.0. The number of benzene rings is 1. The highest BCUT2D eigenvalue weighted by Crippen LogP contribution is 2.23. The second-order valence-electron chi connectivity index (χ2n) is 5.80. The Bertz CT molecular complexity index is 1110. The number of amides is 2. The summed E-state index contributed by atoms with van der Waals surface area (Å²) in [6.45, 7) is 0.567. The van der Waals surface area contributed by atoms with Crippen LogP contribution in [-0.2, 0) is 6.54 Å². The number of nitrogen functional groups attached to an aromatic ring is 1. The first-order chi connectivity index (χ1) is 12.4. The minimum atomic E-state index is -0.610. The van der Waals surface area contributed by atoms with E-state index in [2.05, 4.69) is 26.3 Å². The maximum absolute atomic E-state index is 12.4. The first-order valence-electron chi connectivity index (χ1n) is 7.62. The first-order valence-corrected chi connectivity index (χ1v) is 8.42. The quantitative estimate of drug-likeness (QED) is 0.628. The highest BCUT2D eigenvalue weighted by atomic mass is 79.9. The van der Waals surface area contributed by atoms with Crippen LogP contribution in [-0.4, -0.2) is 26.2 Å². The van der Waals surface area contributed by atoms with Gasteiger partial charge in [-0.25, -0.2) is 0 Å². The number of nitrogens with one attached hydrogen (secondary N) is 1. The van der Waals surface area contributed by atoms with E-state index in [1.165, 1.54) is 4.57 Å². The maximum Gasteiger partial charge on any atom is 0.262 e. The topological polar surface area (TPSA) is 112 Å². The molecule has 0 bridgehead atoms. The minimum Gasteiger partial charge on any atom is -0.384 e. The summed E-state index contributed by atoms with van der Waals surface area (Å²) in [7, 11) is 0. The number of rotatable bonds is 3. The molecule has 0 spiro atoms. The summed E-state index contributed by atoms with van der Waals surface area (Å²) in [5.41, 5.74) is 7.06. The number of carbonyl (C=O) groups excluding carboxylic acids is 2. The van der Waals surface area contributed by atoms with Gasteiger partial charge in [0.05, 0.1) is 34.0 Å². The van der Waals surface area contributed by atoms with Crippen LogP contribution in [0.4, 0.5) is 5.82 Å². The molecular weight excluding hydrogens is 402 g/mol. The second kappa shape index (κ2) is 5.95. The predicted molar refractivity (Wildman–Crippen MR) is 97.3 cm³/mol. The molecule has 0 radical (unpaired) electrons. The lowest BCUT2D eigenvalue weighted by atomic mass is 10.1. The summed E-state index contributed by atoms with van der Waals surface area (Å²) in [5.74, 6) is -1.27. The number of hydrogen-bond donors (Lipinski definition) is 2. The van der Waals surface area contributed by atoms with Gasteiger partial charge in [-0.15, -0.1) is 0 Å². The zero-order chi connectivity index (χ0) is 18.4.